The summed E-state index contributed by atoms with van der Waals surface area (Å²) in [6.45, 7) is 6.71. The summed E-state index contributed by atoms with van der Waals surface area (Å²) in [6, 6.07) is 0.536. The molecule has 0 aliphatic carbocycles. The van der Waals surface area contributed by atoms with E-state index in [4.69, 9.17) is 4.74 Å². The molecule has 0 radical (unpaired) electrons. The normalized spacial score (nSPS) is 24.7. The lowest BCUT2D eigenvalue weighted by atomic mass is 10.0. The molecule has 68 valence electrons. The van der Waals surface area contributed by atoms with E-state index in [9.17, 15) is 0 Å². The summed E-state index contributed by atoms with van der Waals surface area (Å²) in [6.07, 6.45) is 1.19. The molecule has 0 saturated carbocycles. The van der Waals surface area contributed by atoms with Crippen LogP contribution < -0.4 is 5.32 Å². The van der Waals surface area contributed by atoms with Crippen LogP contribution in [0.4, 0.5) is 0 Å². The lowest BCUT2D eigenvalue weighted by Crippen LogP contribution is -2.34. The van der Waals surface area contributed by atoms with E-state index in [1.807, 2.05) is 6.92 Å². The fourth-order valence-electron chi connectivity index (χ4n) is 1.41. The second kappa shape index (κ2) is 5.18. The van der Waals surface area contributed by atoms with Gasteiger partial charge in [-0.1, -0.05) is 5.92 Å². The van der Waals surface area contributed by atoms with Crippen LogP contribution in [0, 0.1) is 17.8 Å². The molecule has 0 aromatic heterocycles. The Morgan fingerprint density at radius 3 is 3.08 bits per heavy atom. The van der Waals surface area contributed by atoms with Crippen molar-refractivity contribution in [1.82, 2.24) is 5.32 Å². The first-order valence-electron chi connectivity index (χ1n) is 4.55. The van der Waals surface area contributed by atoms with E-state index >= 15 is 0 Å². The van der Waals surface area contributed by atoms with Crippen molar-refractivity contribution in [1.29, 1.82) is 0 Å². The van der Waals surface area contributed by atoms with Crippen LogP contribution in [0.1, 0.15) is 20.3 Å². The van der Waals surface area contributed by atoms with E-state index in [2.05, 4.69) is 24.1 Å². The molecule has 0 bridgehead atoms. The summed E-state index contributed by atoms with van der Waals surface area (Å²) >= 11 is 0. The van der Waals surface area contributed by atoms with E-state index in [-0.39, 0.29) is 0 Å². The molecule has 1 rings (SSSR count). The topological polar surface area (TPSA) is 21.3 Å². The molecule has 1 aliphatic heterocycles. The lowest BCUT2D eigenvalue weighted by Gasteiger charge is -2.17. The highest BCUT2D eigenvalue weighted by Crippen LogP contribution is 2.15. The van der Waals surface area contributed by atoms with Crippen molar-refractivity contribution in [3.8, 4) is 11.8 Å². The van der Waals surface area contributed by atoms with Crippen LogP contribution in [0.25, 0.3) is 0 Å². The minimum Gasteiger partial charge on any atom is -0.381 e. The third-order valence-corrected chi connectivity index (χ3v) is 2.36. The summed E-state index contributed by atoms with van der Waals surface area (Å²) in [5.74, 6) is 6.55. The first kappa shape index (κ1) is 9.57. The Kier molecular flexibility index (Phi) is 4.13. The van der Waals surface area contributed by atoms with Crippen LogP contribution in [0.5, 0.6) is 0 Å². The Hall–Kier alpha value is -0.520. The van der Waals surface area contributed by atoms with Crippen molar-refractivity contribution >= 4 is 0 Å². The Morgan fingerprint density at radius 1 is 1.67 bits per heavy atom. The average molecular weight is 167 g/mol. The second-order valence-electron chi connectivity index (χ2n) is 3.22. The van der Waals surface area contributed by atoms with Crippen LogP contribution in [0.3, 0.4) is 0 Å². The predicted molar refractivity (Wildman–Crippen MR) is 49.8 cm³/mol. The highest BCUT2D eigenvalue weighted by atomic mass is 16.5. The molecule has 2 nitrogen and oxygen atoms in total. The van der Waals surface area contributed by atoms with Gasteiger partial charge in [0.1, 0.15) is 0 Å². The van der Waals surface area contributed by atoms with Gasteiger partial charge in [0.15, 0.2) is 0 Å². The summed E-state index contributed by atoms with van der Waals surface area (Å²) in [4.78, 5) is 0. The Bertz CT molecular complexity index is 174. The maximum atomic E-state index is 5.31. The average Bonchev–Trinajstić information content (AvgIpc) is 2.56. The zero-order valence-corrected chi connectivity index (χ0v) is 7.89. The number of rotatable bonds is 3. The van der Waals surface area contributed by atoms with Gasteiger partial charge in [0.2, 0.25) is 0 Å². The minimum absolute atomic E-state index is 0.536. The highest BCUT2D eigenvalue weighted by Gasteiger charge is 2.21. The van der Waals surface area contributed by atoms with Gasteiger partial charge in [-0.25, -0.2) is 0 Å². The monoisotopic (exact) mass is 167 g/mol. The molecular weight excluding hydrogens is 150 g/mol. The molecule has 12 heavy (non-hydrogen) atoms. The number of hydrogen-bond acceptors (Lipinski definition) is 2. The number of hydrogen-bond donors (Lipinski definition) is 1. The highest BCUT2D eigenvalue weighted by molar-refractivity contribution is 4.97. The van der Waals surface area contributed by atoms with E-state index in [1.165, 1.54) is 6.42 Å². The van der Waals surface area contributed by atoms with Crippen LogP contribution in [0.15, 0.2) is 0 Å². The predicted octanol–water partition coefficient (Wildman–Crippen LogP) is 1.02. The van der Waals surface area contributed by atoms with Crippen molar-refractivity contribution in [3.63, 3.8) is 0 Å². The second-order valence-corrected chi connectivity index (χ2v) is 3.22. The molecule has 0 aromatic rings. The zero-order chi connectivity index (χ0) is 8.81. The minimum atomic E-state index is 0.536. The number of ether oxygens (including phenoxy) is 1. The van der Waals surface area contributed by atoms with Crippen molar-refractivity contribution in [2.24, 2.45) is 5.92 Å². The van der Waals surface area contributed by atoms with Gasteiger partial charge in [0, 0.05) is 12.6 Å². The van der Waals surface area contributed by atoms with Gasteiger partial charge in [0.05, 0.1) is 13.2 Å². The molecule has 1 N–H and O–H groups in total. The summed E-state index contributed by atoms with van der Waals surface area (Å²) in [7, 11) is 0. The van der Waals surface area contributed by atoms with Gasteiger partial charge in [-0.05, 0) is 26.2 Å². The maximum Gasteiger partial charge on any atom is 0.0578 e. The Labute approximate surface area is 74.7 Å². The van der Waals surface area contributed by atoms with Gasteiger partial charge in [-0.2, -0.15) is 0 Å². The lowest BCUT2D eigenvalue weighted by molar-refractivity contribution is 0.179. The fraction of sp³-hybridized carbons (Fsp3) is 0.800. The third kappa shape index (κ3) is 2.84. The van der Waals surface area contributed by atoms with Gasteiger partial charge >= 0.3 is 0 Å². The molecule has 2 atom stereocenters. The largest absolute Gasteiger partial charge is 0.381 e. The zero-order valence-electron chi connectivity index (χ0n) is 7.89. The number of nitrogens with one attached hydrogen (secondary N) is 1. The maximum absolute atomic E-state index is 5.31. The summed E-state index contributed by atoms with van der Waals surface area (Å²) in [5.41, 5.74) is 0. The van der Waals surface area contributed by atoms with E-state index in [0.717, 1.165) is 19.8 Å². The van der Waals surface area contributed by atoms with E-state index in [1.54, 1.807) is 0 Å². The van der Waals surface area contributed by atoms with Gasteiger partial charge in [-0.3, -0.25) is 0 Å². The van der Waals surface area contributed by atoms with Crippen LogP contribution >= 0.6 is 0 Å². The van der Waals surface area contributed by atoms with E-state index in [0.29, 0.717) is 12.0 Å². The van der Waals surface area contributed by atoms with Crippen molar-refractivity contribution in [3.05, 3.63) is 0 Å². The Morgan fingerprint density at radius 2 is 2.50 bits per heavy atom. The molecule has 1 aliphatic rings. The molecule has 1 fully saturated rings. The standard InChI is InChI=1S/C10H17NO/c1-3-4-6-11-9(2)10-5-7-12-8-10/h9-11H,5-8H2,1-2H3. The Balaban J connectivity index is 2.16. The van der Waals surface area contributed by atoms with Gasteiger partial charge in [0.25, 0.3) is 0 Å². The first-order valence-corrected chi connectivity index (χ1v) is 4.55. The summed E-state index contributed by atoms with van der Waals surface area (Å²) < 4.78 is 5.31. The van der Waals surface area contributed by atoms with Crippen molar-refractivity contribution in [2.45, 2.75) is 26.3 Å². The van der Waals surface area contributed by atoms with Gasteiger partial charge in [-0.15, -0.1) is 5.92 Å². The third-order valence-electron chi connectivity index (χ3n) is 2.36. The van der Waals surface area contributed by atoms with Crippen LogP contribution in [-0.2, 0) is 4.74 Å². The van der Waals surface area contributed by atoms with Crippen LogP contribution in [0.2, 0.25) is 0 Å². The molecule has 2 heteroatoms. The molecular formula is C10H17NO. The first-order chi connectivity index (χ1) is 5.84. The van der Waals surface area contributed by atoms with Crippen LogP contribution in [-0.4, -0.2) is 25.8 Å². The molecule has 2 unspecified atom stereocenters. The SMILES string of the molecule is CC#CCNC(C)C1CCOC1. The fourth-order valence-corrected chi connectivity index (χ4v) is 1.41. The quantitative estimate of drug-likeness (QED) is 0.634. The van der Waals surface area contributed by atoms with E-state index < -0.39 is 0 Å². The smallest absolute Gasteiger partial charge is 0.0578 e. The molecule has 1 saturated heterocycles. The van der Waals surface area contributed by atoms with Gasteiger partial charge < -0.3 is 10.1 Å². The molecule has 0 aromatic carbocycles. The summed E-state index contributed by atoms with van der Waals surface area (Å²) in [5, 5.41) is 3.37. The molecule has 1 heterocycles. The molecule has 0 amide bonds. The van der Waals surface area contributed by atoms with Crippen molar-refractivity contribution < 1.29 is 4.74 Å². The molecule has 0 spiro atoms. The van der Waals surface area contributed by atoms with Crippen molar-refractivity contribution in [2.75, 3.05) is 19.8 Å².